The van der Waals surface area contributed by atoms with E-state index < -0.39 is 5.25 Å². The molecule has 0 aliphatic carbocycles. The molecule has 1 unspecified atom stereocenters. The Morgan fingerprint density at radius 1 is 1.09 bits per heavy atom. The number of nitrogens with zero attached hydrogens (tertiary/aromatic N) is 3. The van der Waals surface area contributed by atoms with Crippen LogP contribution in [0, 0.1) is 0 Å². The highest BCUT2D eigenvalue weighted by Gasteiger charge is 2.39. The van der Waals surface area contributed by atoms with Gasteiger partial charge in [-0.1, -0.05) is 36.0 Å². The van der Waals surface area contributed by atoms with Crippen LogP contribution in [0.25, 0.3) is 0 Å². The predicted octanol–water partition coefficient (Wildman–Crippen LogP) is 4.30. The lowest BCUT2D eigenvalue weighted by Gasteiger charge is -2.16. The Hall–Kier alpha value is -3.85. The van der Waals surface area contributed by atoms with Crippen molar-refractivity contribution in [1.82, 2.24) is 9.88 Å². The molecule has 35 heavy (non-hydrogen) atoms. The molecule has 180 valence electrons. The van der Waals surface area contributed by atoms with E-state index >= 15 is 0 Å². The van der Waals surface area contributed by atoms with Gasteiger partial charge in [0.15, 0.2) is 5.17 Å². The minimum atomic E-state index is -0.585. The molecule has 1 aliphatic rings. The number of para-hydroxylation sites is 1. The van der Waals surface area contributed by atoms with Crippen LogP contribution in [0.3, 0.4) is 0 Å². The molecular formula is C26H26N4O4S. The molecule has 1 atom stereocenters. The van der Waals surface area contributed by atoms with Gasteiger partial charge in [0.05, 0.1) is 25.6 Å². The second-order valence-corrected chi connectivity index (χ2v) is 8.89. The molecular weight excluding hydrogens is 464 g/mol. The Bertz CT molecular complexity index is 1200. The van der Waals surface area contributed by atoms with E-state index in [0.717, 1.165) is 11.4 Å². The molecule has 1 N–H and O–H groups in total. The summed E-state index contributed by atoms with van der Waals surface area (Å²) in [5, 5.41) is 2.84. The molecule has 1 aliphatic heterocycles. The summed E-state index contributed by atoms with van der Waals surface area (Å²) in [5.74, 6) is 0.652. The Morgan fingerprint density at radius 3 is 2.60 bits per heavy atom. The predicted molar refractivity (Wildman–Crippen MR) is 137 cm³/mol. The summed E-state index contributed by atoms with van der Waals surface area (Å²) in [6.45, 7) is 0.427. The molecule has 1 fully saturated rings. The summed E-state index contributed by atoms with van der Waals surface area (Å²) in [5.41, 5.74) is 2.12. The third kappa shape index (κ3) is 6.19. The lowest BCUT2D eigenvalue weighted by atomic mass is 10.2. The first-order valence-corrected chi connectivity index (χ1v) is 12.0. The van der Waals surface area contributed by atoms with Crippen LogP contribution in [0.4, 0.5) is 11.4 Å². The second kappa shape index (κ2) is 11.5. The van der Waals surface area contributed by atoms with Crippen molar-refractivity contribution in [1.29, 1.82) is 0 Å². The Balaban J connectivity index is 1.50. The molecule has 2 heterocycles. The van der Waals surface area contributed by atoms with Crippen molar-refractivity contribution >= 4 is 40.1 Å². The molecule has 0 bridgehead atoms. The molecule has 0 spiro atoms. The van der Waals surface area contributed by atoms with Crippen molar-refractivity contribution in [3.05, 3.63) is 78.6 Å². The molecule has 2 aromatic carbocycles. The highest BCUT2D eigenvalue weighted by molar-refractivity contribution is 8.15. The van der Waals surface area contributed by atoms with E-state index in [4.69, 9.17) is 9.47 Å². The largest absolute Gasteiger partial charge is 0.497 e. The van der Waals surface area contributed by atoms with Crippen molar-refractivity contribution in [2.45, 2.75) is 18.1 Å². The van der Waals surface area contributed by atoms with E-state index in [9.17, 15) is 9.59 Å². The van der Waals surface area contributed by atoms with Gasteiger partial charge in [-0.15, -0.1) is 0 Å². The number of benzene rings is 2. The third-order valence-corrected chi connectivity index (χ3v) is 6.55. The third-order valence-electron chi connectivity index (χ3n) is 5.37. The van der Waals surface area contributed by atoms with Gasteiger partial charge in [0.25, 0.3) is 0 Å². The maximum Gasteiger partial charge on any atom is 0.242 e. The summed E-state index contributed by atoms with van der Waals surface area (Å²) in [6.07, 6.45) is 2.31. The zero-order valence-electron chi connectivity index (χ0n) is 19.5. The van der Waals surface area contributed by atoms with E-state index in [-0.39, 0.29) is 18.2 Å². The number of pyridine rings is 1. The average Bonchev–Trinajstić information content (AvgIpc) is 3.17. The number of anilines is 1. The zero-order valence-corrected chi connectivity index (χ0v) is 20.3. The van der Waals surface area contributed by atoms with E-state index in [1.807, 2.05) is 48.5 Å². The van der Waals surface area contributed by atoms with Gasteiger partial charge in [0.1, 0.15) is 16.7 Å². The molecule has 0 radical (unpaired) electrons. The maximum absolute atomic E-state index is 13.3. The van der Waals surface area contributed by atoms with E-state index in [1.54, 1.807) is 36.4 Å². The zero-order chi connectivity index (χ0) is 24.6. The molecule has 2 amide bonds. The van der Waals surface area contributed by atoms with E-state index in [2.05, 4.69) is 15.3 Å². The molecule has 1 saturated heterocycles. The highest BCUT2D eigenvalue weighted by atomic mass is 32.2. The number of ether oxygens (including phenoxy) is 2. The Kier molecular flexibility index (Phi) is 7.99. The number of hydrogen-bond donors (Lipinski definition) is 1. The number of hydrogen-bond acceptors (Lipinski definition) is 7. The van der Waals surface area contributed by atoms with Gasteiger partial charge in [0, 0.05) is 37.3 Å². The maximum atomic E-state index is 13.3. The molecule has 4 rings (SSSR count). The van der Waals surface area contributed by atoms with Crippen LogP contribution in [-0.2, 0) is 16.0 Å². The van der Waals surface area contributed by atoms with Gasteiger partial charge >= 0.3 is 0 Å². The molecule has 0 saturated carbocycles. The van der Waals surface area contributed by atoms with Crippen LogP contribution in [-0.4, -0.2) is 52.9 Å². The number of nitrogens with one attached hydrogen (secondary N) is 1. The van der Waals surface area contributed by atoms with Gasteiger partial charge in [0.2, 0.25) is 11.8 Å². The number of rotatable bonds is 9. The molecule has 9 heteroatoms. The monoisotopic (exact) mass is 490 g/mol. The van der Waals surface area contributed by atoms with Crippen LogP contribution in [0.15, 0.2) is 77.9 Å². The van der Waals surface area contributed by atoms with Gasteiger partial charge in [-0.2, -0.15) is 0 Å². The second-order valence-electron chi connectivity index (χ2n) is 7.72. The molecule has 8 nitrogen and oxygen atoms in total. The number of aliphatic imine (C=N–C) groups is 1. The van der Waals surface area contributed by atoms with E-state index in [0.29, 0.717) is 35.3 Å². The van der Waals surface area contributed by atoms with Crippen LogP contribution >= 0.6 is 11.8 Å². The van der Waals surface area contributed by atoms with Crippen molar-refractivity contribution in [3.8, 4) is 11.5 Å². The van der Waals surface area contributed by atoms with Gasteiger partial charge < -0.3 is 14.8 Å². The van der Waals surface area contributed by atoms with Gasteiger partial charge in [-0.05, 0) is 36.4 Å². The fourth-order valence-electron chi connectivity index (χ4n) is 3.60. The fraction of sp³-hybridized carbons (Fsp3) is 0.231. The van der Waals surface area contributed by atoms with Crippen molar-refractivity contribution in [3.63, 3.8) is 0 Å². The van der Waals surface area contributed by atoms with Gasteiger partial charge in [-0.25, -0.2) is 4.99 Å². The minimum Gasteiger partial charge on any atom is -0.497 e. The number of carbonyl (C=O) groups excluding carboxylic acids is 2. The summed E-state index contributed by atoms with van der Waals surface area (Å²) >= 11 is 1.30. The minimum absolute atomic E-state index is 0.00222. The van der Waals surface area contributed by atoms with Crippen LogP contribution in [0.5, 0.6) is 11.5 Å². The lowest BCUT2D eigenvalue weighted by Crippen LogP contribution is -2.35. The highest BCUT2D eigenvalue weighted by Crippen LogP contribution is 2.33. The number of thioether (sulfide) groups is 1. The average molecular weight is 491 g/mol. The number of amides is 2. The standard InChI is InChI=1S/C26H26N4O4S/c1-33-20-11-12-22(34-2)21(16-20)29-24(31)17-23-25(32)30(15-13-18-8-6-7-14-27-18)26(35-23)28-19-9-4-3-5-10-19/h3-12,14,16,23H,13,15,17H2,1-2H3,(H,29,31). The SMILES string of the molecule is COc1ccc(OC)c(NC(=O)CC2SC(=Nc3ccccc3)N(CCc3ccccn3)C2=O)c1. The topological polar surface area (TPSA) is 93.1 Å². The van der Waals surface area contributed by atoms with Gasteiger partial charge in [-0.3, -0.25) is 19.5 Å². The first kappa shape index (κ1) is 24.3. The normalized spacial score (nSPS) is 16.4. The van der Waals surface area contributed by atoms with Crippen LogP contribution in [0.1, 0.15) is 12.1 Å². The summed E-state index contributed by atoms with van der Waals surface area (Å²) in [6, 6.07) is 20.3. The summed E-state index contributed by atoms with van der Waals surface area (Å²) in [4.78, 5) is 36.9. The molecule has 1 aromatic heterocycles. The quantitative estimate of drug-likeness (QED) is 0.481. The first-order valence-electron chi connectivity index (χ1n) is 11.1. The van der Waals surface area contributed by atoms with Crippen molar-refractivity contribution in [2.24, 2.45) is 4.99 Å². The first-order chi connectivity index (χ1) is 17.1. The number of amidine groups is 1. The van der Waals surface area contributed by atoms with Crippen LogP contribution in [0.2, 0.25) is 0 Å². The molecule has 3 aromatic rings. The number of carbonyl (C=O) groups is 2. The summed E-state index contributed by atoms with van der Waals surface area (Å²) < 4.78 is 10.6. The van der Waals surface area contributed by atoms with E-state index in [1.165, 1.54) is 18.9 Å². The van der Waals surface area contributed by atoms with Crippen molar-refractivity contribution in [2.75, 3.05) is 26.1 Å². The Morgan fingerprint density at radius 2 is 1.89 bits per heavy atom. The fourth-order valence-corrected chi connectivity index (χ4v) is 4.78. The summed E-state index contributed by atoms with van der Waals surface area (Å²) in [7, 11) is 3.08. The number of aromatic nitrogens is 1. The van der Waals surface area contributed by atoms with Crippen molar-refractivity contribution < 1.29 is 19.1 Å². The van der Waals surface area contributed by atoms with Crippen LogP contribution < -0.4 is 14.8 Å². The smallest absolute Gasteiger partial charge is 0.242 e. The Labute approximate surface area is 208 Å². The lowest BCUT2D eigenvalue weighted by molar-refractivity contribution is -0.128. The number of methoxy groups -OCH3 is 2.